The molecule has 1 amide bonds. The van der Waals surface area contributed by atoms with Crippen molar-refractivity contribution in [3.05, 3.63) is 24.3 Å². The van der Waals surface area contributed by atoms with E-state index in [0.717, 1.165) is 31.0 Å². The SMILES string of the molecule is CCC(=O)Nc1ccc(NC2CCOC2)cc1. The summed E-state index contributed by atoms with van der Waals surface area (Å²) in [5.74, 6) is 0.0369. The maximum absolute atomic E-state index is 11.2. The Morgan fingerprint density at radius 2 is 2.06 bits per heavy atom. The Labute approximate surface area is 101 Å². The van der Waals surface area contributed by atoms with Crippen LogP contribution in [0.1, 0.15) is 19.8 Å². The molecule has 0 saturated carbocycles. The number of carbonyl (C=O) groups is 1. The molecule has 1 aromatic rings. The lowest BCUT2D eigenvalue weighted by Crippen LogP contribution is -2.18. The predicted molar refractivity (Wildman–Crippen MR) is 68.2 cm³/mol. The van der Waals surface area contributed by atoms with Crippen molar-refractivity contribution in [3.8, 4) is 0 Å². The number of benzene rings is 1. The van der Waals surface area contributed by atoms with E-state index in [4.69, 9.17) is 4.74 Å². The molecular formula is C13H18N2O2. The molecule has 1 saturated heterocycles. The molecule has 4 heteroatoms. The van der Waals surface area contributed by atoms with Crippen molar-refractivity contribution in [2.75, 3.05) is 23.8 Å². The normalized spacial score (nSPS) is 19.0. The molecule has 92 valence electrons. The first-order chi connectivity index (χ1) is 8.28. The van der Waals surface area contributed by atoms with Crippen molar-refractivity contribution in [1.82, 2.24) is 0 Å². The molecule has 0 spiro atoms. The topological polar surface area (TPSA) is 50.4 Å². The minimum absolute atomic E-state index is 0.0369. The third-order valence-corrected chi connectivity index (χ3v) is 2.79. The quantitative estimate of drug-likeness (QED) is 0.840. The molecule has 17 heavy (non-hydrogen) atoms. The van der Waals surface area contributed by atoms with Crippen LogP contribution >= 0.6 is 0 Å². The van der Waals surface area contributed by atoms with Gasteiger partial charge in [-0.1, -0.05) is 6.92 Å². The molecule has 1 aliphatic rings. The molecule has 0 bridgehead atoms. The van der Waals surface area contributed by atoms with Gasteiger partial charge in [-0.25, -0.2) is 0 Å². The zero-order valence-electron chi connectivity index (χ0n) is 10.0. The van der Waals surface area contributed by atoms with Crippen molar-refractivity contribution in [2.24, 2.45) is 0 Å². The van der Waals surface area contributed by atoms with E-state index in [0.29, 0.717) is 12.5 Å². The fourth-order valence-electron chi connectivity index (χ4n) is 1.78. The van der Waals surface area contributed by atoms with Crippen LogP contribution in [0.15, 0.2) is 24.3 Å². The molecule has 0 radical (unpaired) electrons. The molecule has 1 atom stereocenters. The van der Waals surface area contributed by atoms with E-state index in [9.17, 15) is 4.79 Å². The number of anilines is 2. The van der Waals surface area contributed by atoms with E-state index in [1.807, 2.05) is 31.2 Å². The van der Waals surface area contributed by atoms with E-state index in [1.54, 1.807) is 0 Å². The lowest BCUT2D eigenvalue weighted by atomic mass is 10.2. The van der Waals surface area contributed by atoms with Gasteiger partial charge in [0.05, 0.1) is 12.6 Å². The summed E-state index contributed by atoms with van der Waals surface area (Å²) in [6.07, 6.45) is 1.55. The first-order valence-corrected chi connectivity index (χ1v) is 6.02. The van der Waals surface area contributed by atoms with Crippen molar-refractivity contribution in [2.45, 2.75) is 25.8 Å². The van der Waals surface area contributed by atoms with Crippen LogP contribution in [0.2, 0.25) is 0 Å². The number of hydrogen-bond donors (Lipinski definition) is 2. The fourth-order valence-corrected chi connectivity index (χ4v) is 1.78. The highest BCUT2D eigenvalue weighted by Gasteiger charge is 2.14. The van der Waals surface area contributed by atoms with Gasteiger partial charge in [-0.15, -0.1) is 0 Å². The van der Waals surface area contributed by atoms with E-state index < -0.39 is 0 Å². The maximum Gasteiger partial charge on any atom is 0.224 e. The molecule has 1 heterocycles. The summed E-state index contributed by atoms with van der Waals surface area (Å²) >= 11 is 0. The van der Waals surface area contributed by atoms with Crippen LogP contribution in [0.4, 0.5) is 11.4 Å². The fraction of sp³-hybridized carbons (Fsp3) is 0.462. The van der Waals surface area contributed by atoms with Crippen molar-refractivity contribution < 1.29 is 9.53 Å². The van der Waals surface area contributed by atoms with E-state index >= 15 is 0 Å². The van der Waals surface area contributed by atoms with Crippen molar-refractivity contribution >= 4 is 17.3 Å². The van der Waals surface area contributed by atoms with Crippen LogP contribution in [-0.2, 0) is 9.53 Å². The van der Waals surface area contributed by atoms with Crippen LogP contribution in [-0.4, -0.2) is 25.2 Å². The Morgan fingerprint density at radius 1 is 1.35 bits per heavy atom. The molecule has 0 aromatic heterocycles. The average Bonchev–Trinajstić information content (AvgIpc) is 2.84. The Hall–Kier alpha value is -1.55. The molecule has 2 rings (SSSR count). The lowest BCUT2D eigenvalue weighted by Gasteiger charge is -2.12. The van der Waals surface area contributed by atoms with Crippen molar-refractivity contribution in [1.29, 1.82) is 0 Å². The van der Waals surface area contributed by atoms with Crippen LogP contribution in [0.3, 0.4) is 0 Å². The van der Waals surface area contributed by atoms with Crippen LogP contribution in [0.25, 0.3) is 0 Å². The summed E-state index contributed by atoms with van der Waals surface area (Å²) in [7, 11) is 0. The standard InChI is InChI=1S/C13H18N2O2/c1-2-13(16)15-11-5-3-10(4-6-11)14-12-7-8-17-9-12/h3-6,12,14H,2,7-9H2,1H3,(H,15,16). The highest BCUT2D eigenvalue weighted by Crippen LogP contribution is 2.17. The molecule has 1 fully saturated rings. The Kier molecular flexibility index (Phi) is 3.98. The molecular weight excluding hydrogens is 216 g/mol. The van der Waals surface area contributed by atoms with Gasteiger partial charge in [0.25, 0.3) is 0 Å². The van der Waals surface area contributed by atoms with Gasteiger partial charge < -0.3 is 15.4 Å². The van der Waals surface area contributed by atoms with Gasteiger partial charge >= 0.3 is 0 Å². The predicted octanol–water partition coefficient (Wildman–Crippen LogP) is 2.24. The highest BCUT2D eigenvalue weighted by atomic mass is 16.5. The summed E-state index contributed by atoms with van der Waals surface area (Å²) in [5.41, 5.74) is 1.90. The van der Waals surface area contributed by atoms with Gasteiger partial charge in [0.2, 0.25) is 5.91 Å². The molecule has 2 N–H and O–H groups in total. The molecule has 0 aliphatic carbocycles. The number of amides is 1. The van der Waals surface area contributed by atoms with Crippen LogP contribution in [0, 0.1) is 0 Å². The van der Waals surface area contributed by atoms with Gasteiger partial charge in [-0.05, 0) is 30.7 Å². The van der Waals surface area contributed by atoms with Gasteiger partial charge in [-0.3, -0.25) is 4.79 Å². The van der Waals surface area contributed by atoms with Gasteiger partial charge in [0.15, 0.2) is 0 Å². The second-order valence-corrected chi connectivity index (χ2v) is 4.18. The zero-order chi connectivity index (χ0) is 12.1. The van der Waals surface area contributed by atoms with Crippen LogP contribution in [0.5, 0.6) is 0 Å². The lowest BCUT2D eigenvalue weighted by molar-refractivity contribution is -0.115. The molecule has 1 aliphatic heterocycles. The summed E-state index contributed by atoms with van der Waals surface area (Å²) in [5, 5.41) is 6.22. The number of carbonyl (C=O) groups excluding carboxylic acids is 1. The largest absolute Gasteiger partial charge is 0.380 e. The minimum Gasteiger partial charge on any atom is -0.380 e. The summed E-state index contributed by atoms with van der Waals surface area (Å²) < 4.78 is 5.30. The second-order valence-electron chi connectivity index (χ2n) is 4.18. The smallest absolute Gasteiger partial charge is 0.224 e. The second kappa shape index (κ2) is 5.68. The zero-order valence-corrected chi connectivity index (χ0v) is 10.0. The number of ether oxygens (including phenoxy) is 1. The number of hydrogen-bond acceptors (Lipinski definition) is 3. The third-order valence-electron chi connectivity index (χ3n) is 2.79. The number of rotatable bonds is 4. The van der Waals surface area contributed by atoms with E-state index in [-0.39, 0.29) is 5.91 Å². The Balaban J connectivity index is 1.90. The van der Waals surface area contributed by atoms with Gasteiger partial charge in [-0.2, -0.15) is 0 Å². The van der Waals surface area contributed by atoms with Gasteiger partial charge in [0, 0.05) is 24.4 Å². The summed E-state index contributed by atoms with van der Waals surface area (Å²) in [4.78, 5) is 11.2. The summed E-state index contributed by atoms with van der Waals surface area (Å²) in [6.45, 7) is 3.45. The van der Waals surface area contributed by atoms with Gasteiger partial charge in [0.1, 0.15) is 0 Å². The molecule has 1 aromatic carbocycles. The number of nitrogens with one attached hydrogen (secondary N) is 2. The Morgan fingerprint density at radius 3 is 2.65 bits per heavy atom. The first-order valence-electron chi connectivity index (χ1n) is 6.02. The Bertz CT molecular complexity index is 370. The van der Waals surface area contributed by atoms with E-state index in [1.165, 1.54) is 0 Å². The highest BCUT2D eigenvalue weighted by molar-refractivity contribution is 5.90. The molecule has 4 nitrogen and oxygen atoms in total. The monoisotopic (exact) mass is 234 g/mol. The maximum atomic E-state index is 11.2. The van der Waals surface area contributed by atoms with E-state index in [2.05, 4.69) is 10.6 Å². The average molecular weight is 234 g/mol. The van der Waals surface area contributed by atoms with Crippen molar-refractivity contribution in [3.63, 3.8) is 0 Å². The molecule has 1 unspecified atom stereocenters. The third kappa shape index (κ3) is 3.46. The summed E-state index contributed by atoms with van der Waals surface area (Å²) in [6, 6.07) is 8.18. The minimum atomic E-state index is 0.0369. The first kappa shape index (κ1) is 11.9. The van der Waals surface area contributed by atoms with Crippen LogP contribution < -0.4 is 10.6 Å².